The second-order valence-electron chi connectivity index (χ2n) is 3.99. The summed E-state index contributed by atoms with van der Waals surface area (Å²) in [6.07, 6.45) is 1.52. The molecule has 0 fully saturated rings. The average Bonchev–Trinajstić information content (AvgIpc) is 2.43. The lowest BCUT2D eigenvalue weighted by Gasteiger charge is -2.07. The maximum atomic E-state index is 12.0. The first-order valence-corrected chi connectivity index (χ1v) is 6.39. The van der Waals surface area contributed by atoms with Gasteiger partial charge >= 0.3 is 0 Å². The van der Waals surface area contributed by atoms with Crippen LogP contribution in [0, 0.1) is 6.92 Å². The molecule has 5 nitrogen and oxygen atoms in total. The van der Waals surface area contributed by atoms with Crippen LogP contribution in [0.4, 0.5) is 11.4 Å². The number of aryl methyl sites for hydroxylation is 1. The Morgan fingerprint density at radius 3 is 2.74 bits per heavy atom. The number of aromatic nitrogens is 1. The number of nitrogens with zero attached hydrogens (tertiary/aromatic N) is 1. The summed E-state index contributed by atoms with van der Waals surface area (Å²) in [5.41, 5.74) is 5.21. The molecule has 1 amide bonds. The first-order chi connectivity index (χ1) is 9.10. The van der Waals surface area contributed by atoms with Crippen LogP contribution in [-0.4, -0.2) is 10.9 Å². The summed E-state index contributed by atoms with van der Waals surface area (Å²) in [4.78, 5) is 16.0. The normalized spacial score (nSPS) is 10.1. The predicted molar refractivity (Wildman–Crippen MR) is 78.9 cm³/mol. The Labute approximate surface area is 119 Å². The Morgan fingerprint density at radius 2 is 2.05 bits per heavy atom. The summed E-state index contributed by atoms with van der Waals surface area (Å²) in [6, 6.07) is 8.87. The SMILES string of the molecule is Cc1ccc(NC(=O)c2cc(NN)ccn2)cc1Br. The lowest BCUT2D eigenvalue weighted by molar-refractivity contribution is 0.102. The molecule has 6 heteroatoms. The van der Waals surface area contributed by atoms with Gasteiger partial charge in [0.15, 0.2) is 0 Å². The quantitative estimate of drug-likeness (QED) is 0.600. The van der Waals surface area contributed by atoms with E-state index >= 15 is 0 Å². The summed E-state index contributed by atoms with van der Waals surface area (Å²) < 4.78 is 0.940. The van der Waals surface area contributed by atoms with Crippen LogP contribution in [0.15, 0.2) is 41.0 Å². The van der Waals surface area contributed by atoms with Gasteiger partial charge in [0.25, 0.3) is 5.91 Å². The molecule has 0 atom stereocenters. The molecule has 0 saturated carbocycles. The van der Waals surface area contributed by atoms with Crippen molar-refractivity contribution in [3.63, 3.8) is 0 Å². The van der Waals surface area contributed by atoms with Gasteiger partial charge in [0, 0.05) is 16.4 Å². The van der Waals surface area contributed by atoms with E-state index in [1.54, 1.807) is 12.1 Å². The molecular formula is C13H13BrN4O. The molecule has 1 aromatic carbocycles. The van der Waals surface area contributed by atoms with Crippen molar-refractivity contribution in [2.24, 2.45) is 5.84 Å². The molecule has 0 spiro atoms. The highest BCUT2D eigenvalue weighted by Crippen LogP contribution is 2.21. The maximum Gasteiger partial charge on any atom is 0.274 e. The molecule has 0 saturated heterocycles. The minimum Gasteiger partial charge on any atom is -0.324 e. The number of nitrogens with one attached hydrogen (secondary N) is 2. The number of rotatable bonds is 3. The molecule has 98 valence electrons. The van der Waals surface area contributed by atoms with Crippen LogP contribution in [0.5, 0.6) is 0 Å². The number of hydrogen-bond donors (Lipinski definition) is 3. The summed E-state index contributed by atoms with van der Waals surface area (Å²) in [5, 5.41) is 2.78. The van der Waals surface area contributed by atoms with E-state index in [9.17, 15) is 4.79 Å². The largest absolute Gasteiger partial charge is 0.324 e. The van der Waals surface area contributed by atoms with Crippen LogP contribution in [0.2, 0.25) is 0 Å². The van der Waals surface area contributed by atoms with Crippen molar-refractivity contribution in [3.8, 4) is 0 Å². The molecule has 1 heterocycles. The number of halogens is 1. The second kappa shape index (κ2) is 5.81. The Hall–Kier alpha value is -1.92. The molecule has 0 radical (unpaired) electrons. The lowest BCUT2D eigenvalue weighted by Crippen LogP contribution is -2.15. The zero-order valence-electron chi connectivity index (χ0n) is 10.3. The number of carbonyl (C=O) groups excluding carboxylic acids is 1. The minimum atomic E-state index is -0.284. The molecule has 0 aliphatic carbocycles. The van der Waals surface area contributed by atoms with Gasteiger partial charge in [-0.15, -0.1) is 0 Å². The van der Waals surface area contributed by atoms with Gasteiger partial charge in [-0.2, -0.15) is 0 Å². The predicted octanol–water partition coefficient (Wildman–Crippen LogP) is 2.69. The number of carbonyl (C=O) groups is 1. The number of amides is 1. The monoisotopic (exact) mass is 320 g/mol. The first-order valence-electron chi connectivity index (χ1n) is 5.60. The first kappa shape index (κ1) is 13.5. The Bertz CT molecular complexity index is 615. The van der Waals surface area contributed by atoms with E-state index in [1.807, 2.05) is 25.1 Å². The average molecular weight is 321 g/mol. The van der Waals surface area contributed by atoms with Crippen molar-refractivity contribution in [3.05, 3.63) is 52.3 Å². The molecule has 0 bridgehead atoms. The van der Waals surface area contributed by atoms with Crippen LogP contribution in [-0.2, 0) is 0 Å². The van der Waals surface area contributed by atoms with E-state index in [2.05, 4.69) is 31.7 Å². The lowest BCUT2D eigenvalue weighted by atomic mass is 10.2. The van der Waals surface area contributed by atoms with Gasteiger partial charge in [-0.1, -0.05) is 22.0 Å². The van der Waals surface area contributed by atoms with Gasteiger partial charge in [-0.05, 0) is 36.8 Å². The Morgan fingerprint density at radius 1 is 1.26 bits per heavy atom. The number of pyridine rings is 1. The highest BCUT2D eigenvalue weighted by molar-refractivity contribution is 9.10. The number of hydrogen-bond acceptors (Lipinski definition) is 4. The Balaban J connectivity index is 2.18. The number of anilines is 2. The van der Waals surface area contributed by atoms with E-state index < -0.39 is 0 Å². The summed E-state index contributed by atoms with van der Waals surface area (Å²) in [7, 11) is 0. The van der Waals surface area contributed by atoms with Gasteiger partial charge in [-0.25, -0.2) is 0 Å². The molecule has 2 rings (SSSR count). The fraction of sp³-hybridized carbons (Fsp3) is 0.0769. The highest BCUT2D eigenvalue weighted by atomic mass is 79.9. The van der Waals surface area contributed by atoms with Crippen LogP contribution in [0.25, 0.3) is 0 Å². The molecule has 4 N–H and O–H groups in total. The van der Waals surface area contributed by atoms with Gasteiger partial charge < -0.3 is 10.7 Å². The third-order valence-electron chi connectivity index (χ3n) is 2.59. The zero-order chi connectivity index (χ0) is 13.8. The van der Waals surface area contributed by atoms with Crippen LogP contribution in [0.3, 0.4) is 0 Å². The molecular weight excluding hydrogens is 308 g/mol. The van der Waals surface area contributed by atoms with Crippen molar-refractivity contribution in [1.29, 1.82) is 0 Å². The van der Waals surface area contributed by atoms with Crippen molar-refractivity contribution in [2.45, 2.75) is 6.92 Å². The van der Waals surface area contributed by atoms with Gasteiger partial charge in [-0.3, -0.25) is 15.6 Å². The van der Waals surface area contributed by atoms with Crippen molar-refractivity contribution in [2.75, 3.05) is 10.7 Å². The smallest absolute Gasteiger partial charge is 0.274 e. The highest BCUT2D eigenvalue weighted by Gasteiger charge is 2.08. The van der Waals surface area contributed by atoms with E-state index in [1.165, 1.54) is 6.20 Å². The zero-order valence-corrected chi connectivity index (χ0v) is 11.9. The van der Waals surface area contributed by atoms with E-state index in [4.69, 9.17) is 5.84 Å². The minimum absolute atomic E-state index is 0.284. The maximum absolute atomic E-state index is 12.0. The molecule has 0 aliphatic rings. The van der Waals surface area contributed by atoms with E-state index in [0.29, 0.717) is 17.1 Å². The van der Waals surface area contributed by atoms with Crippen LogP contribution in [0.1, 0.15) is 16.1 Å². The van der Waals surface area contributed by atoms with Gasteiger partial charge in [0.2, 0.25) is 0 Å². The summed E-state index contributed by atoms with van der Waals surface area (Å²) in [6.45, 7) is 1.98. The van der Waals surface area contributed by atoms with Crippen LogP contribution < -0.4 is 16.6 Å². The fourth-order valence-corrected chi connectivity index (χ4v) is 1.89. The van der Waals surface area contributed by atoms with Gasteiger partial charge in [0.1, 0.15) is 5.69 Å². The summed E-state index contributed by atoms with van der Waals surface area (Å²) in [5.74, 6) is 5.01. The molecule has 0 unspecified atom stereocenters. The van der Waals surface area contributed by atoms with Gasteiger partial charge in [0.05, 0.1) is 5.69 Å². The second-order valence-corrected chi connectivity index (χ2v) is 4.85. The standard InChI is InChI=1S/C13H13BrN4O/c1-8-2-3-9(6-11(8)14)17-13(19)12-7-10(18-15)4-5-16-12/h2-7H,15H2,1H3,(H,16,18)(H,17,19). The number of nitrogens with two attached hydrogens (primary N) is 1. The topological polar surface area (TPSA) is 80.0 Å². The van der Waals surface area contributed by atoms with Crippen molar-refractivity contribution >= 4 is 33.2 Å². The van der Waals surface area contributed by atoms with E-state index in [-0.39, 0.29) is 5.91 Å². The van der Waals surface area contributed by atoms with Crippen molar-refractivity contribution in [1.82, 2.24) is 4.98 Å². The summed E-state index contributed by atoms with van der Waals surface area (Å²) >= 11 is 3.42. The van der Waals surface area contributed by atoms with E-state index in [0.717, 1.165) is 10.0 Å². The fourth-order valence-electron chi connectivity index (χ4n) is 1.51. The number of hydrazine groups is 1. The molecule has 2 aromatic rings. The molecule has 0 aliphatic heterocycles. The number of benzene rings is 1. The molecule has 19 heavy (non-hydrogen) atoms. The molecule has 1 aromatic heterocycles. The van der Waals surface area contributed by atoms with Crippen molar-refractivity contribution < 1.29 is 4.79 Å². The number of nitrogen functional groups attached to an aromatic ring is 1. The third kappa shape index (κ3) is 3.30. The Kier molecular flexibility index (Phi) is 4.13. The van der Waals surface area contributed by atoms with Crippen LogP contribution >= 0.6 is 15.9 Å². The third-order valence-corrected chi connectivity index (χ3v) is 3.44.